The molecule has 1 fully saturated rings. The smallest absolute Gasteiger partial charge is 0.287 e. The molecule has 2 aliphatic rings. The van der Waals surface area contributed by atoms with Crippen molar-refractivity contribution >= 4 is 5.91 Å². The predicted molar refractivity (Wildman–Crippen MR) is 102 cm³/mol. The number of carbonyl (C=O) groups is 1. The van der Waals surface area contributed by atoms with Gasteiger partial charge in [-0.25, -0.2) is 4.39 Å². The maximum Gasteiger partial charge on any atom is 0.287 e. The van der Waals surface area contributed by atoms with E-state index in [1.165, 1.54) is 17.8 Å². The number of nitrogens with one attached hydrogen (secondary N) is 1. The lowest BCUT2D eigenvalue weighted by Gasteiger charge is -2.36. The van der Waals surface area contributed by atoms with E-state index >= 15 is 0 Å². The van der Waals surface area contributed by atoms with Gasteiger partial charge in [0.25, 0.3) is 5.91 Å². The van der Waals surface area contributed by atoms with E-state index in [0.717, 1.165) is 37.3 Å². The van der Waals surface area contributed by atoms with Crippen molar-refractivity contribution in [3.05, 3.63) is 83.3 Å². The molecule has 3 heterocycles. The van der Waals surface area contributed by atoms with E-state index in [1.54, 1.807) is 6.07 Å². The number of carbonyl (C=O) groups excluding carboxylic acids is 1. The Morgan fingerprint density at radius 3 is 2.71 bits per heavy atom. The number of benzene rings is 1. The molecule has 6 heteroatoms. The maximum absolute atomic E-state index is 13.4. The summed E-state index contributed by atoms with van der Waals surface area (Å²) in [5, 5.41) is 2.95. The molecule has 0 unspecified atom stereocenters. The van der Waals surface area contributed by atoms with Gasteiger partial charge >= 0.3 is 0 Å². The lowest BCUT2D eigenvalue weighted by molar-refractivity contribution is 0.0916. The molecule has 5 rings (SSSR count). The number of halogens is 1. The Kier molecular flexibility index (Phi) is 4.28. The molecular formula is C22H22FN3O2. The Bertz CT molecular complexity index is 987. The molecule has 1 saturated carbocycles. The van der Waals surface area contributed by atoms with Gasteiger partial charge in [-0.2, -0.15) is 0 Å². The molecule has 28 heavy (non-hydrogen) atoms. The number of aromatic nitrogens is 1. The highest BCUT2D eigenvalue weighted by Crippen LogP contribution is 2.33. The Morgan fingerprint density at radius 2 is 1.93 bits per heavy atom. The Morgan fingerprint density at radius 1 is 1.11 bits per heavy atom. The first-order valence-corrected chi connectivity index (χ1v) is 9.71. The van der Waals surface area contributed by atoms with Gasteiger partial charge in [0.15, 0.2) is 5.76 Å². The number of fused-ring (bicyclic) bond motifs is 1. The van der Waals surface area contributed by atoms with Crippen molar-refractivity contribution in [3.8, 4) is 0 Å². The van der Waals surface area contributed by atoms with Crippen LogP contribution in [0.25, 0.3) is 0 Å². The molecule has 0 spiro atoms. The topological polar surface area (TPSA) is 50.4 Å². The van der Waals surface area contributed by atoms with Gasteiger partial charge in [0.2, 0.25) is 0 Å². The zero-order valence-electron chi connectivity index (χ0n) is 15.5. The second-order valence-electron chi connectivity index (χ2n) is 7.56. The summed E-state index contributed by atoms with van der Waals surface area (Å²) in [6.07, 6.45) is 4.18. The molecule has 1 N–H and O–H groups in total. The van der Waals surface area contributed by atoms with Gasteiger partial charge in [-0.3, -0.25) is 9.69 Å². The minimum atomic E-state index is -0.237. The van der Waals surface area contributed by atoms with E-state index in [4.69, 9.17) is 4.42 Å². The summed E-state index contributed by atoms with van der Waals surface area (Å²) in [5.41, 5.74) is 2.22. The van der Waals surface area contributed by atoms with Gasteiger partial charge in [0, 0.05) is 31.0 Å². The van der Waals surface area contributed by atoms with Crippen molar-refractivity contribution in [1.29, 1.82) is 0 Å². The molecule has 2 aromatic heterocycles. The highest BCUT2D eigenvalue weighted by molar-refractivity contribution is 5.91. The van der Waals surface area contributed by atoms with Crippen LogP contribution in [0.4, 0.5) is 4.39 Å². The molecule has 144 valence electrons. The van der Waals surface area contributed by atoms with Crippen LogP contribution in [0, 0.1) is 5.82 Å². The Balaban J connectivity index is 1.39. The van der Waals surface area contributed by atoms with Crippen LogP contribution in [0.2, 0.25) is 0 Å². The number of hydrogen-bond donors (Lipinski definition) is 1. The fraction of sp³-hybridized carbons (Fsp3) is 0.318. The number of hydrogen-bond acceptors (Lipinski definition) is 3. The van der Waals surface area contributed by atoms with E-state index in [-0.39, 0.29) is 17.8 Å². The van der Waals surface area contributed by atoms with E-state index in [9.17, 15) is 9.18 Å². The van der Waals surface area contributed by atoms with E-state index < -0.39 is 0 Å². The summed E-state index contributed by atoms with van der Waals surface area (Å²) in [6, 6.07) is 14.8. The average Bonchev–Trinajstić information content (AvgIpc) is 3.18. The fourth-order valence-corrected chi connectivity index (χ4v) is 3.90. The second kappa shape index (κ2) is 6.95. The van der Waals surface area contributed by atoms with E-state index in [0.29, 0.717) is 18.3 Å². The molecule has 3 aromatic rings. The van der Waals surface area contributed by atoms with Crippen LogP contribution in [-0.4, -0.2) is 28.0 Å². The van der Waals surface area contributed by atoms with Crippen LogP contribution < -0.4 is 5.32 Å². The Labute approximate surface area is 162 Å². The first-order chi connectivity index (χ1) is 13.7. The lowest BCUT2D eigenvalue weighted by Crippen LogP contribution is -2.37. The van der Waals surface area contributed by atoms with Crippen LogP contribution in [0.15, 0.2) is 59.1 Å². The molecule has 1 amide bonds. The van der Waals surface area contributed by atoms with Crippen molar-refractivity contribution in [2.45, 2.75) is 38.0 Å². The number of nitrogens with zero attached hydrogens (tertiary/aromatic N) is 2. The third-order valence-corrected chi connectivity index (χ3v) is 5.48. The minimum Gasteiger partial charge on any atom is -0.455 e. The van der Waals surface area contributed by atoms with Crippen molar-refractivity contribution in [2.75, 3.05) is 6.54 Å². The van der Waals surface area contributed by atoms with Crippen molar-refractivity contribution in [2.24, 2.45) is 0 Å². The minimum absolute atomic E-state index is 0.0122. The molecule has 0 bridgehead atoms. The standard InChI is InChI=1S/C22H22FN3O2/c23-16-5-3-15(4-6-16)21-19-2-1-11-25(19)12-13-26(21)14-18-9-10-20(28-18)22(27)24-17-7-8-17/h1-6,9-11,17,21H,7-8,12-14H2,(H,24,27)/t21-/m0/s1. The van der Waals surface area contributed by atoms with E-state index in [2.05, 4.69) is 27.0 Å². The first-order valence-electron chi connectivity index (χ1n) is 9.71. The molecule has 1 aromatic carbocycles. The zero-order valence-corrected chi connectivity index (χ0v) is 15.5. The fourth-order valence-electron chi connectivity index (χ4n) is 3.90. The monoisotopic (exact) mass is 379 g/mol. The third kappa shape index (κ3) is 3.36. The number of amides is 1. The third-order valence-electron chi connectivity index (χ3n) is 5.48. The number of rotatable bonds is 5. The van der Waals surface area contributed by atoms with Crippen LogP contribution in [-0.2, 0) is 13.1 Å². The summed E-state index contributed by atoms with van der Waals surface area (Å²) in [7, 11) is 0. The van der Waals surface area contributed by atoms with Crippen LogP contribution in [0.1, 0.15) is 46.5 Å². The first kappa shape index (κ1) is 17.3. The van der Waals surface area contributed by atoms with Crippen LogP contribution in [0.5, 0.6) is 0 Å². The summed E-state index contributed by atoms with van der Waals surface area (Å²) in [4.78, 5) is 14.5. The molecule has 0 radical (unpaired) electrons. The van der Waals surface area contributed by atoms with E-state index in [1.807, 2.05) is 24.3 Å². The molecule has 1 aliphatic heterocycles. The lowest BCUT2D eigenvalue weighted by atomic mass is 9.99. The largest absolute Gasteiger partial charge is 0.455 e. The normalized spacial score (nSPS) is 19.4. The van der Waals surface area contributed by atoms with Crippen molar-refractivity contribution in [1.82, 2.24) is 14.8 Å². The van der Waals surface area contributed by atoms with Gasteiger partial charge in [0.1, 0.15) is 11.6 Å². The summed E-state index contributed by atoms with van der Waals surface area (Å²) in [6.45, 7) is 2.31. The van der Waals surface area contributed by atoms with Crippen molar-refractivity contribution in [3.63, 3.8) is 0 Å². The summed E-state index contributed by atoms with van der Waals surface area (Å²) < 4.78 is 21.5. The molecule has 1 atom stereocenters. The molecule has 0 saturated heterocycles. The van der Waals surface area contributed by atoms with Gasteiger partial charge in [0.05, 0.1) is 12.6 Å². The summed E-state index contributed by atoms with van der Waals surface area (Å²) in [5.74, 6) is 0.740. The van der Waals surface area contributed by atoms with Gasteiger partial charge in [-0.05, 0) is 54.8 Å². The predicted octanol–water partition coefficient (Wildman–Crippen LogP) is 3.72. The highest BCUT2D eigenvalue weighted by atomic mass is 19.1. The SMILES string of the molecule is O=C(NC1CC1)c1ccc(CN2CCn3cccc3[C@@H]2c2ccc(F)cc2)o1. The maximum atomic E-state index is 13.4. The molecular weight excluding hydrogens is 357 g/mol. The van der Waals surface area contributed by atoms with Gasteiger partial charge < -0.3 is 14.3 Å². The van der Waals surface area contributed by atoms with Crippen LogP contribution in [0.3, 0.4) is 0 Å². The van der Waals surface area contributed by atoms with Crippen LogP contribution >= 0.6 is 0 Å². The summed E-state index contributed by atoms with van der Waals surface area (Å²) >= 11 is 0. The molecule has 1 aliphatic carbocycles. The Hall–Kier alpha value is -2.86. The highest BCUT2D eigenvalue weighted by Gasteiger charge is 2.30. The molecule has 5 nitrogen and oxygen atoms in total. The number of furan rings is 1. The average molecular weight is 379 g/mol. The second-order valence-corrected chi connectivity index (χ2v) is 7.56. The quantitative estimate of drug-likeness (QED) is 0.735. The van der Waals surface area contributed by atoms with Crippen molar-refractivity contribution < 1.29 is 13.6 Å². The van der Waals surface area contributed by atoms with Gasteiger partial charge in [-0.15, -0.1) is 0 Å². The van der Waals surface area contributed by atoms with Gasteiger partial charge in [-0.1, -0.05) is 12.1 Å². The zero-order chi connectivity index (χ0) is 19.1.